The highest BCUT2D eigenvalue weighted by Crippen LogP contribution is 2.36. The number of rotatable bonds is 1. The number of thiophene rings is 1. The number of alkyl halides is 3. The van der Waals surface area contributed by atoms with Crippen LogP contribution in [0.2, 0.25) is 0 Å². The molecule has 1 N–H and O–H groups in total. The Morgan fingerprint density at radius 2 is 1.81 bits per heavy atom. The molecular weight excluding hydrogens is 366 g/mol. The fraction of sp³-hybridized carbons (Fsp3) is 0.105. The molecule has 2 aromatic carbocycles. The van der Waals surface area contributed by atoms with Gasteiger partial charge in [0.05, 0.1) is 10.9 Å². The molecular formula is C19H11F4NOS. The third-order valence-corrected chi connectivity index (χ3v) is 5.27. The maximum atomic E-state index is 14.2. The molecule has 26 heavy (non-hydrogen) atoms. The highest BCUT2D eigenvalue weighted by molar-refractivity contribution is 7.25. The number of aromatic amines is 1. The second-order valence-electron chi connectivity index (χ2n) is 6.03. The summed E-state index contributed by atoms with van der Waals surface area (Å²) in [6.45, 7) is 1.79. The van der Waals surface area contributed by atoms with Crippen LogP contribution in [0.1, 0.15) is 11.3 Å². The van der Waals surface area contributed by atoms with Crippen molar-refractivity contribution in [1.29, 1.82) is 0 Å². The Kier molecular flexibility index (Phi) is 3.66. The zero-order chi connectivity index (χ0) is 18.6. The van der Waals surface area contributed by atoms with Crippen LogP contribution in [0.25, 0.3) is 31.4 Å². The maximum absolute atomic E-state index is 14.2. The van der Waals surface area contributed by atoms with Crippen molar-refractivity contribution in [2.24, 2.45) is 0 Å². The van der Waals surface area contributed by atoms with Crippen molar-refractivity contribution in [3.8, 4) is 11.1 Å². The lowest BCUT2D eigenvalue weighted by molar-refractivity contribution is -0.137. The van der Waals surface area contributed by atoms with Gasteiger partial charge in [-0.05, 0) is 30.7 Å². The number of nitrogens with one attached hydrogen (secondary N) is 1. The largest absolute Gasteiger partial charge is 0.416 e. The summed E-state index contributed by atoms with van der Waals surface area (Å²) in [5.74, 6) is -0.938. The van der Waals surface area contributed by atoms with E-state index in [0.717, 1.165) is 32.7 Å². The van der Waals surface area contributed by atoms with Crippen molar-refractivity contribution in [3.63, 3.8) is 0 Å². The highest BCUT2D eigenvalue weighted by Gasteiger charge is 2.31. The lowest BCUT2D eigenvalue weighted by atomic mass is 10.0. The van der Waals surface area contributed by atoms with Crippen molar-refractivity contribution in [3.05, 3.63) is 69.8 Å². The molecule has 0 fully saturated rings. The summed E-state index contributed by atoms with van der Waals surface area (Å²) in [7, 11) is 0. The fourth-order valence-corrected chi connectivity index (χ4v) is 4.22. The molecule has 7 heteroatoms. The van der Waals surface area contributed by atoms with Gasteiger partial charge < -0.3 is 4.98 Å². The van der Waals surface area contributed by atoms with E-state index >= 15 is 0 Å². The minimum absolute atomic E-state index is 0.0832. The third-order valence-electron chi connectivity index (χ3n) is 4.20. The molecule has 2 nitrogen and oxygen atoms in total. The van der Waals surface area contributed by atoms with Crippen molar-refractivity contribution in [1.82, 2.24) is 4.98 Å². The number of benzene rings is 2. The van der Waals surface area contributed by atoms with Gasteiger partial charge in [0.2, 0.25) is 0 Å². The van der Waals surface area contributed by atoms with Gasteiger partial charge in [0.15, 0.2) is 5.43 Å². The van der Waals surface area contributed by atoms with Crippen LogP contribution in [0.15, 0.2) is 47.3 Å². The Labute approximate surface area is 148 Å². The predicted octanol–water partition coefficient (Wildman–Crippen LogP) is 5.88. The summed E-state index contributed by atoms with van der Waals surface area (Å²) in [6.07, 6.45) is -4.59. The average Bonchev–Trinajstić information content (AvgIpc) is 2.91. The number of pyridine rings is 1. The number of hydrogen-bond donors (Lipinski definition) is 1. The fourth-order valence-electron chi connectivity index (χ4n) is 3.01. The van der Waals surface area contributed by atoms with Gasteiger partial charge in [-0.3, -0.25) is 4.79 Å². The Bertz CT molecular complexity index is 1220. The molecule has 0 saturated carbocycles. The van der Waals surface area contributed by atoms with E-state index in [1.807, 2.05) is 0 Å². The zero-order valence-electron chi connectivity index (χ0n) is 13.4. The van der Waals surface area contributed by atoms with Gasteiger partial charge in [-0.1, -0.05) is 18.2 Å². The van der Waals surface area contributed by atoms with Crippen molar-refractivity contribution in [2.75, 3.05) is 0 Å². The molecule has 0 aliphatic rings. The highest BCUT2D eigenvalue weighted by atomic mass is 32.1. The third kappa shape index (κ3) is 2.68. The summed E-state index contributed by atoms with van der Waals surface area (Å²) < 4.78 is 53.1. The lowest BCUT2D eigenvalue weighted by Gasteiger charge is -2.09. The van der Waals surface area contributed by atoms with E-state index in [1.54, 1.807) is 25.1 Å². The van der Waals surface area contributed by atoms with E-state index in [1.165, 1.54) is 17.4 Å². The number of fused-ring (bicyclic) bond motifs is 3. The summed E-state index contributed by atoms with van der Waals surface area (Å²) in [5, 5.41) is 1.30. The van der Waals surface area contributed by atoms with Crippen LogP contribution in [0.4, 0.5) is 17.6 Å². The predicted molar refractivity (Wildman–Crippen MR) is 95.1 cm³/mol. The van der Waals surface area contributed by atoms with E-state index < -0.39 is 17.6 Å². The minimum atomic E-state index is -4.59. The molecule has 0 radical (unpaired) electrons. The number of halogens is 4. The Morgan fingerprint density at radius 1 is 1.04 bits per heavy atom. The molecule has 0 unspecified atom stereocenters. The summed E-state index contributed by atoms with van der Waals surface area (Å²) in [6, 6.07) is 9.00. The van der Waals surface area contributed by atoms with E-state index in [9.17, 15) is 22.4 Å². The molecule has 2 aromatic heterocycles. The van der Waals surface area contributed by atoms with Crippen LogP contribution in [0.3, 0.4) is 0 Å². The van der Waals surface area contributed by atoms with Crippen LogP contribution in [0.5, 0.6) is 0 Å². The van der Waals surface area contributed by atoms with Crippen molar-refractivity contribution >= 4 is 31.6 Å². The minimum Gasteiger partial charge on any atom is -0.350 e. The number of aromatic nitrogens is 1. The Morgan fingerprint density at radius 3 is 2.50 bits per heavy atom. The zero-order valence-corrected chi connectivity index (χ0v) is 14.2. The second-order valence-corrected chi connectivity index (χ2v) is 7.08. The lowest BCUT2D eigenvalue weighted by Crippen LogP contribution is -2.05. The normalized spacial score (nSPS) is 12.2. The topological polar surface area (TPSA) is 32.9 Å². The van der Waals surface area contributed by atoms with Gasteiger partial charge in [-0.2, -0.15) is 13.2 Å². The van der Waals surface area contributed by atoms with Gasteiger partial charge in [0.25, 0.3) is 0 Å². The first-order chi connectivity index (χ1) is 12.2. The van der Waals surface area contributed by atoms with Gasteiger partial charge in [0.1, 0.15) is 10.6 Å². The number of H-pyrrole nitrogens is 1. The molecule has 4 rings (SSSR count). The number of aryl methyl sites for hydroxylation is 1. The molecule has 0 aliphatic carbocycles. The Hall–Kier alpha value is -2.67. The number of hydrogen-bond acceptors (Lipinski definition) is 2. The van der Waals surface area contributed by atoms with Crippen LogP contribution in [-0.4, -0.2) is 4.98 Å². The molecule has 0 aliphatic heterocycles. The Balaban J connectivity index is 1.90. The van der Waals surface area contributed by atoms with Crippen molar-refractivity contribution < 1.29 is 17.6 Å². The van der Waals surface area contributed by atoms with Crippen LogP contribution in [-0.2, 0) is 6.18 Å². The van der Waals surface area contributed by atoms with Crippen molar-refractivity contribution in [2.45, 2.75) is 13.1 Å². The molecule has 2 heterocycles. The van der Waals surface area contributed by atoms with Gasteiger partial charge in [-0.25, -0.2) is 4.39 Å². The molecule has 0 spiro atoms. The molecule has 0 atom stereocenters. The SMILES string of the molecule is Cc1cc(=O)c2c([nH]1)sc1cc(-c3ccc(C(F)(F)F)cc3F)ccc12. The van der Waals surface area contributed by atoms with E-state index in [4.69, 9.17) is 0 Å². The van der Waals surface area contributed by atoms with Gasteiger partial charge >= 0.3 is 6.18 Å². The first-order valence-corrected chi connectivity index (χ1v) is 8.49. The summed E-state index contributed by atoms with van der Waals surface area (Å²) in [5.41, 5.74) is 0.154. The van der Waals surface area contributed by atoms with E-state index in [0.29, 0.717) is 17.0 Å². The summed E-state index contributed by atoms with van der Waals surface area (Å²) >= 11 is 1.35. The monoisotopic (exact) mass is 377 g/mol. The first kappa shape index (κ1) is 16.8. The molecule has 132 valence electrons. The van der Waals surface area contributed by atoms with E-state index in [2.05, 4.69) is 4.98 Å². The van der Waals surface area contributed by atoms with Crippen LogP contribution >= 0.6 is 11.3 Å². The van der Waals surface area contributed by atoms with Crippen LogP contribution < -0.4 is 5.43 Å². The first-order valence-electron chi connectivity index (χ1n) is 7.67. The quantitative estimate of drug-likeness (QED) is 0.413. The molecule has 0 bridgehead atoms. The molecule has 0 amide bonds. The van der Waals surface area contributed by atoms with Gasteiger partial charge in [0, 0.05) is 27.4 Å². The van der Waals surface area contributed by atoms with Crippen LogP contribution in [0, 0.1) is 12.7 Å². The van der Waals surface area contributed by atoms with E-state index in [-0.39, 0.29) is 11.0 Å². The standard InChI is InChI=1S/C19H11F4NOS/c1-9-6-15(25)17-13-4-2-10(7-16(13)26-18(17)24-9)12-5-3-11(8-14(12)20)19(21,22)23/h2-8H,1H3,(H,24,25). The maximum Gasteiger partial charge on any atom is 0.416 e. The molecule has 4 aromatic rings. The second kappa shape index (κ2) is 5.67. The average molecular weight is 377 g/mol. The smallest absolute Gasteiger partial charge is 0.350 e. The molecule has 0 saturated heterocycles. The van der Waals surface area contributed by atoms with Gasteiger partial charge in [-0.15, -0.1) is 11.3 Å². The summed E-state index contributed by atoms with van der Waals surface area (Å²) in [4.78, 5) is 16.1.